The van der Waals surface area contributed by atoms with E-state index in [-0.39, 0.29) is 73.8 Å². The van der Waals surface area contributed by atoms with E-state index >= 15 is 0 Å². The van der Waals surface area contributed by atoms with E-state index in [0.29, 0.717) is 27.8 Å². The molecule has 6 saturated heterocycles. The molecule has 18 rings (SSSR count). The smallest absolute Gasteiger partial charge is 0.280 e. The molecule has 6 unspecified atom stereocenters. The van der Waals surface area contributed by atoms with Crippen LogP contribution in [0.3, 0.4) is 0 Å². The number of halogens is 1. The lowest BCUT2D eigenvalue weighted by molar-refractivity contribution is -0.0847. The molecule has 6 fully saturated rings. The van der Waals surface area contributed by atoms with Crippen LogP contribution in [-0.4, -0.2) is 344 Å². The number of aromatic nitrogens is 22. The van der Waals surface area contributed by atoms with Crippen molar-refractivity contribution >= 4 is 115 Å². The highest BCUT2D eigenvalue weighted by molar-refractivity contribution is 7.71. The first-order chi connectivity index (χ1) is 65.2. The minimum atomic E-state index is -3.07. The lowest BCUT2D eigenvalue weighted by Gasteiger charge is -2.26. The standard InChI is InChI=1S/C13H13FN4O5.C13H15N5O5.C13H15N5O4S.C13H15N5O4.C13H14N4O5.C12H13N5O4/c1-2-13(22)8(20)6(4-19)23-11(13)18-3-5(14)7-9(18)16-12(15)17-10(7)21;1-3-13(22)8(20)7(5(2)19)23-11(13)18-4-15-6-9(18)16-12(14)17-10(6)21;1-3-13(21)8(20)7(5(2)19)22-11(13)18-4-15-6-9(18)16-12(14)17-10(6)23;1-3-13(21)9(20)8(6(2)19)22-11(13)18-5-16-7-4-15-12(14)17-10(7)18;1-2-13(21)8(19)7(5-18)22-11(13)17-4-3-6-9(17)15-12(14)16-10(6)20;1-2-12(20)8(19)7(4-18)21-10(12)17-5-15-6-3-14-11(13)16-9(6)17/h1,3,6,8,11,19-20,22H,4H2,(H3,15,16,17,21);1,4-5,7-8,11,19-20,22H,2H3,(H3,14,16,17,21);1,4-5,7-8,11,19-21H,2H3,(H3,14,16,17,23);1,4-6,8-9,11,19-21H,2H3,(H2,14,15,17);1,3-4,7-8,11,18-19,21H,5H2,(H3,14,15,16,20);1,3,5,7-8,10,18-20H,4H2,(H2,13,14,16)/t6-,8+,11-,13?;2*5-,7+,8-,11+,13?;6-,8+,9-,11+,13?;7-,8+,11-,13?;7-,8+,10-,12?/m100011/s1/i4D2;;;;5D2;4D2. The van der Waals surface area contributed by atoms with Gasteiger partial charge in [0.05, 0.1) is 89.3 Å². The summed E-state index contributed by atoms with van der Waals surface area (Å²) in [7, 11) is 0. The van der Waals surface area contributed by atoms with Gasteiger partial charge in [-0.15, -0.1) is 38.5 Å². The van der Waals surface area contributed by atoms with E-state index in [4.69, 9.17) is 122 Å². The molecule has 0 spiro atoms. The van der Waals surface area contributed by atoms with Crippen molar-refractivity contribution < 1.29 is 133 Å². The Labute approximate surface area is 761 Å². The first kappa shape index (κ1) is 89.4. The van der Waals surface area contributed by atoms with Crippen LogP contribution >= 0.6 is 12.2 Å². The SMILES string of the molecule is C#CC1(O)[C@@H](O)[C@@H]([C@H](C)O)O[C@H]1n1cnc2c(=O)[nH]c(N)nc21.C#CC1(O)[C@@H](O)[C@@H]([C@H](C)O)O[C@H]1n1cnc2c(=S)nc(N)[nH]c21.C#CC1(O)[C@@H](O)[C@@H]([C@H](C)O)O[C@H]1n1cnc2cnc(N)nc21.[2H]C([2H])(O)[C@H]1O[C@@H](n2cc(F)c3c(=O)[nH]c(N)nc32)C(O)(C#C)[C@H]1O.[2H]C([2H])(O)[C@H]1O[C@@H](n2ccc3c(=O)[nH]c(N)nc32)C(O)(C#C)[C@H]1O.[2H]C([2H])(O)[C@H]1O[C@@H](n2cnc3cnc(N)nc32)C(O)(C#C)[C@H]1O. The van der Waals surface area contributed by atoms with Crippen molar-refractivity contribution in [2.45, 2.75) is 183 Å². The maximum absolute atomic E-state index is 14.1. The van der Waals surface area contributed by atoms with Gasteiger partial charge in [-0.05, 0) is 26.8 Å². The Morgan fingerprint density at radius 2 is 0.776 bits per heavy atom. The normalized spacial score (nSPS) is 32.9. The monoisotopic (exact) mass is 1890 g/mol. The summed E-state index contributed by atoms with van der Waals surface area (Å²) in [6, 6.07) is 1.37. The molecule has 0 radical (unpaired) electrons. The van der Waals surface area contributed by atoms with Gasteiger partial charge in [0.1, 0.15) is 101 Å². The molecule has 0 amide bonds. The molecule has 134 heavy (non-hydrogen) atoms. The number of nitrogens with zero attached hydrogens (tertiary/aromatic N) is 18. The lowest BCUT2D eigenvalue weighted by Crippen LogP contribution is -2.47. The Morgan fingerprint density at radius 1 is 0.440 bits per heavy atom. The van der Waals surface area contributed by atoms with Gasteiger partial charge in [0.25, 0.3) is 16.7 Å². The van der Waals surface area contributed by atoms with E-state index in [1.54, 1.807) is 0 Å². The third kappa shape index (κ3) is 16.5. The topological polar surface area (TPSA) is 874 Å². The first-order valence-corrected chi connectivity index (χ1v) is 38.9. The van der Waals surface area contributed by atoms with Crippen molar-refractivity contribution in [2.75, 3.05) is 54.1 Å². The zero-order valence-corrected chi connectivity index (χ0v) is 69.6. The van der Waals surface area contributed by atoms with Crippen molar-refractivity contribution in [2.24, 2.45) is 0 Å². The summed E-state index contributed by atoms with van der Waals surface area (Å²) in [6.07, 6.45) is 11.2. The summed E-state index contributed by atoms with van der Waals surface area (Å²) < 4.78 is 97.6. The predicted molar refractivity (Wildman–Crippen MR) is 457 cm³/mol. The van der Waals surface area contributed by atoms with Gasteiger partial charge in [-0.3, -0.25) is 52.2 Å². The molecular weight excluding hydrogens is 1800 g/mol. The van der Waals surface area contributed by atoms with E-state index in [9.17, 15) is 111 Å². The third-order valence-corrected chi connectivity index (χ3v) is 22.3. The van der Waals surface area contributed by atoms with Crippen LogP contribution in [0.1, 0.15) is 66.4 Å². The number of ether oxygens (including phenoxy) is 6. The second kappa shape index (κ2) is 37.0. The van der Waals surface area contributed by atoms with Crippen molar-refractivity contribution in [3.63, 3.8) is 0 Å². The lowest BCUT2D eigenvalue weighted by atomic mass is 9.93. The fraction of sp³-hybridized carbons (Fsp3) is 0.429. The molecule has 708 valence electrons. The molecule has 57 heteroatoms. The molecule has 0 bridgehead atoms. The van der Waals surface area contributed by atoms with Gasteiger partial charge >= 0.3 is 0 Å². The van der Waals surface area contributed by atoms with Crippen molar-refractivity contribution in [1.29, 1.82) is 0 Å². The number of hydrogen-bond acceptors (Lipinski definition) is 46. The zero-order valence-electron chi connectivity index (χ0n) is 74.8. The van der Waals surface area contributed by atoms with E-state index in [2.05, 4.69) is 97.5 Å². The number of rotatable bonds is 12. The number of nitrogen functional groups attached to an aromatic ring is 6. The van der Waals surface area contributed by atoms with Crippen molar-refractivity contribution in [1.82, 2.24) is 107 Å². The molecular formula is C77H85FN28O27S. The van der Waals surface area contributed by atoms with Crippen molar-refractivity contribution in [3.05, 3.63) is 97.7 Å². The van der Waals surface area contributed by atoms with E-state index in [1.807, 2.05) is 17.8 Å². The number of fused-ring (bicyclic) bond motifs is 6. The van der Waals surface area contributed by atoms with E-state index < -0.39 is 210 Å². The summed E-state index contributed by atoms with van der Waals surface area (Å²) >= 11 is 5.08. The highest BCUT2D eigenvalue weighted by atomic mass is 32.1. The number of aliphatic hydroxyl groups excluding tert-OH is 9. The van der Waals surface area contributed by atoms with Crippen LogP contribution in [0.5, 0.6) is 0 Å². The number of aliphatic hydroxyl groups is 18. The molecule has 27 atom stereocenters. The van der Waals surface area contributed by atoms with Crippen LogP contribution in [0.4, 0.5) is 40.1 Å². The van der Waals surface area contributed by atoms with Crippen molar-refractivity contribution in [3.8, 4) is 74.1 Å². The van der Waals surface area contributed by atoms with Gasteiger partial charge in [0, 0.05) is 12.4 Å². The van der Waals surface area contributed by atoms with Crippen LogP contribution in [-0.2, 0) is 28.4 Å². The van der Waals surface area contributed by atoms with Crippen LogP contribution in [0.15, 0.2) is 70.5 Å². The summed E-state index contributed by atoms with van der Waals surface area (Å²) in [5.41, 5.74) is 19.2. The number of H-pyrrole nitrogens is 4. The minimum absolute atomic E-state index is 0.0151. The summed E-state index contributed by atoms with van der Waals surface area (Å²) in [5, 5.41) is 182. The minimum Gasteiger partial charge on any atom is -0.394 e. The molecule has 6 aliphatic heterocycles. The second-order valence-electron chi connectivity index (χ2n) is 30.4. The number of nitrogens with two attached hydrogens (primary N) is 6. The quantitative estimate of drug-likeness (QED) is 0.0399. The molecule has 55 nitrogen and oxygen atoms in total. The predicted octanol–water partition coefficient (Wildman–Crippen LogP) is -10.8. The van der Waals surface area contributed by atoms with Gasteiger partial charge in [-0.25, -0.2) is 39.3 Å². The Kier molecular flexibility index (Phi) is 24.7. The van der Waals surface area contributed by atoms with Crippen LogP contribution < -0.4 is 51.1 Å². The number of terminal acetylenes is 6. The first-order valence-electron chi connectivity index (χ1n) is 41.4. The Balaban J connectivity index is 0.000000142. The molecule has 0 saturated carbocycles. The number of aromatic amines is 4. The van der Waals surface area contributed by atoms with E-state index in [1.165, 1.54) is 89.0 Å². The molecule has 6 aliphatic rings. The molecule has 0 aromatic carbocycles. The highest BCUT2D eigenvalue weighted by Gasteiger charge is 2.62. The highest BCUT2D eigenvalue weighted by Crippen LogP contribution is 2.47. The average Bonchev–Trinajstić information content (AvgIpc) is 1.60. The number of hydrogen-bond donors (Lipinski definition) is 28. The zero-order chi connectivity index (χ0) is 104. The molecule has 34 N–H and O–H groups in total. The number of nitrogens with one attached hydrogen (secondary N) is 4. The summed E-state index contributed by atoms with van der Waals surface area (Å²) in [6.45, 7) is -4.71. The van der Waals surface area contributed by atoms with Gasteiger partial charge in [-0.1, -0.05) is 47.7 Å². The van der Waals surface area contributed by atoms with Crippen LogP contribution in [0, 0.1) is 84.5 Å². The largest absolute Gasteiger partial charge is 0.394 e. The molecule has 18 heterocycles. The molecule has 12 aromatic rings. The van der Waals surface area contributed by atoms with Crippen LogP contribution in [0.25, 0.3) is 66.7 Å². The van der Waals surface area contributed by atoms with Gasteiger partial charge in [0.2, 0.25) is 29.7 Å². The Bertz CT molecular complexity index is 7170. The second-order valence-corrected chi connectivity index (χ2v) is 30.7. The Morgan fingerprint density at radius 3 is 1.19 bits per heavy atom. The fourth-order valence-electron chi connectivity index (χ4n) is 15.1. The van der Waals surface area contributed by atoms with E-state index in [0.717, 1.165) is 15.3 Å². The summed E-state index contributed by atoms with van der Waals surface area (Å²) in [5.74, 6) is 10.5. The summed E-state index contributed by atoms with van der Waals surface area (Å²) in [4.78, 5) is 92.2. The maximum Gasteiger partial charge on any atom is 0.280 e. The number of anilines is 6. The molecule has 0 aliphatic carbocycles. The average molecular weight is 1890 g/mol. The van der Waals surface area contributed by atoms with Gasteiger partial charge in [0.15, 0.2) is 121 Å². The Hall–Kier alpha value is -13.8. The third-order valence-electron chi connectivity index (χ3n) is 22.0. The number of imidazole rings is 4. The maximum atomic E-state index is 14.1. The van der Waals surface area contributed by atoms with Gasteiger partial charge in [-0.2, -0.15) is 24.9 Å². The van der Waals surface area contributed by atoms with Crippen LogP contribution in [0.2, 0.25) is 0 Å². The fourth-order valence-corrected chi connectivity index (χ4v) is 15.4. The van der Waals surface area contributed by atoms with Gasteiger partial charge < -0.3 is 164 Å². The molecule has 12 aromatic heterocycles.